The predicted molar refractivity (Wildman–Crippen MR) is 62.1 cm³/mol. The monoisotopic (exact) mass is 337 g/mol. The molecule has 0 atom stereocenters. The minimum atomic E-state index is -0.416. The lowest BCUT2D eigenvalue weighted by atomic mass is 10.2. The van der Waals surface area contributed by atoms with Gasteiger partial charge in [-0.1, -0.05) is 11.6 Å². The van der Waals surface area contributed by atoms with Crippen molar-refractivity contribution in [1.82, 2.24) is 4.98 Å². The van der Waals surface area contributed by atoms with Crippen molar-refractivity contribution in [3.8, 4) is 0 Å². The lowest BCUT2D eigenvalue weighted by Gasteiger charge is -2.03. The first-order chi connectivity index (χ1) is 6.59. The Balaban J connectivity index is 2.95. The summed E-state index contributed by atoms with van der Waals surface area (Å²) in [4.78, 5) is 3.97. The van der Waals surface area contributed by atoms with Crippen LogP contribution >= 0.6 is 43.5 Å². The van der Waals surface area contributed by atoms with Crippen LogP contribution in [-0.4, -0.2) is 4.98 Å². The highest BCUT2D eigenvalue weighted by molar-refractivity contribution is 9.13. The Morgan fingerprint density at radius 2 is 2.00 bits per heavy atom. The van der Waals surface area contributed by atoms with E-state index in [0.29, 0.717) is 15.9 Å². The van der Waals surface area contributed by atoms with E-state index < -0.39 is 5.82 Å². The molecule has 1 heterocycles. The fourth-order valence-corrected chi connectivity index (χ4v) is 2.10. The van der Waals surface area contributed by atoms with Gasteiger partial charge in [-0.15, -0.1) is 0 Å². The van der Waals surface area contributed by atoms with Crippen LogP contribution < -0.4 is 0 Å². The Labute approximate surface area is 102 Å². The maximum Gasteiger partial charge on any atom is 0.150 e. The van der Waals surface area contributed by atoms with Crippen molar-refractivity contribution in [3.05, 3.63) is 38.1 Å². The standard InChI is InChI=1S/C9H3Br2ClFN/c10-6-3-14-9-5(8(6)11)1-4(12)2-7(9)13/h1-3H. The van der Waals surface area contributed by atoms with E-state index in [1.165, 1.54) is 6.07 Å². The molecular weight excluding hydrogens is 336 g/mol. The second-order valence-corrected chi connectivity index (χ2v) is 4.79. The van der Waals surface area contributed by atoms with Gasteiger partial charge in [0.1, 0.15) is 5.52 Å². The zero-order valence-corrected chi connectivity index (χ0v) is 10.6. The van der Waals surface area contributed by atoms with Gasteiger partial charge in [0.15, 0.2) is 5.82 Å². The summed E-state index contributed by atoms with van der Waals surface area (Å²) in [5.74, 6) is -0.416. The molecule has 0 unspecified atom stereocenters. The van der Waals surface area contributed by atoms with Crippen LogP contribution in [0, 0.1) is 5.82 Å². The third kappa shape index (κ3) is 1.66. The summed E-state index contributed by atoms with van der Waals surface area (Å²) >= 11 is 12.4. The summed E-state index contributed by atoms with van der Waals surface area (Å²) in [5.41, 5.74) is 0.310. The van der Waals surface area contributed by atoms with Crippen LogP contribution in [0.5, 0.6) is 0 Å². The van der Waals surface area contributed by atoms with Crippen LogP contribution in [0.3, 0.4) is 0 Å². The van der Waals surface area contributed by atoms with Crippen LogP contribution in [0.25, 0.3) is 10.9 Å². The van der Waals surface area contributed by atoms with Crippen molar-refractivity contribution in [2.45, 2.75) is 0 Å². The van der Waals surface area contributed by atoms with Gasteiger partial charge < -0.3 is 0 Å². The van der Waals surface area contributed by atoms with Gasteiger partial charge in [-0.05, 0) is 44.0 Å². The normalized spacial score (nSPS) is 10.9. The molecule has 0 amide bonds. The van der Waals surface area contributed by atoms with Crippen molar-refractivity contribution < 1.29 is 4.39 Å². The van der Waals surface area contributed by atoms with Crippen LogP contribution in [0.4, 0.5) is 4.39 Å². The van der Waals surface area contributed by atoms with E-state index in [-0.39, 0.29) is 0 Å². The smallest absolute Gasteiger partial charge is 0.150 e. The average Bonchev–Trinajstić information content (AvgIpc) is 2.12. The summed E-state index contributed by atoms with van der Waals surface area (Å²) < 4.78 is 14.9. The number of halogens is 4. The van der Waals surface area contributed by atoms with Gasteiger partial charge in [0.25, 0.3) is 0 Å². The Hall–Kier alpha value is -0.190. The molecule has 1 aromatic carbocycles. The second-order valence-electron chi connectivity index (χ2n) is 2.70. The van der Waals surface area contributed by atoms with E-state index in [4.69, 9.17) is 11.6 Å². The van der Waals surface area contributed by atoms with Crippen LogP contribution in [0.1, 0.15) is 0 Å². The summed E-state index contributed by atoms with van der Waals surface area (Å²) in [6.07, 6.45) is 1.55. The van der Waals surface area contributed by atoms with Crippen LogP contribution in [0.15, 0.2) is 27.3 Å². The fraction of sp³-hybridized carbons (Fsp3) is 0. The van der Waals surface area contributed by atoms with E-state index >= 15 is 0 Å². The number of hydrogen-bond acceptors (Lipinski definition) is 1. The number of fused-ring (bicyclic) bond motifs is 1. The summed E-state index contributed by atoms with van der Waals surface area (Å²) in [6, 6.07) is 2.92. The Kier molecular flexibility index (Phi) is 2.77. The lowest BCUT2D eigenvalue weighted by molar-refractivity contribution is 0.637. The highest BCUT2D eigenvalue weighted by atomic mass is 79.9. The molecule has 0 radical (unpaired) electrons. The lowest BCUT2D eigenvalue weighted by Crippen LogP contribution is -1.86. The van der Waals surface area contributed by atoms with Crippen molar-refractivity contribution >= 4 is 54.4 Å². The maximum atomic E-state index is 13.4. The number of rotatable bonds is 0. The third-order valence-corrected chi connectivity index (χ3v) is 3.99. The molecule has 2 aromatic rings. The number of benzene rings is 1. The largest absolute Gasteiger partial charge is 0.252 e. The van der Waals surface area contributed by atoms with E-state index in [1.807, 2.05) is 0 Å². The highest BCUT2D eigenvalue weighted by Crippen LogP contribution is 2.32. The molecule has 0 fully saturated rings. The molecule has 0 aliphatic rings. The molecule has 5 heteroatoms. The quantitative estimate of drug-likeness (QED) is 0.686. The molecular formula is C9H3Br2ClFN. The first-order valence-electron chi connectivity index (χ1n) is 3.68. The number of pyridine rings is 1. The molecule has 0 bridgehead atoms. The van der Waals surface area contributed by atoms with E-state index in [9.17, 15) is 4.39 Å². The van der Waals surface area contributed by atoms with Gasteiger partial charge in [0, 0.05) is 21.1 Å². The Morgan fingerprint density at radius 1 is 1.29 bits per heavy atom. The third-order valence-electron chi connectivity index (χ3n) is 1.78. The molecule has 2 rings (SSSR count). The van der Waals surface area contributed by atoms with Gasteiger partial charge >= 0.3 is 0 Å². The van der Waals surface area contributed by atoms with Crippen molar-refractivity contribution in [2.24, 2.45) is 0 Å². The first-order valence-corrected chi connectivity index (χ1v) is 5.65. The summed E-state index contributed by atoms with van der Waals surface area (Å²) in [5, 5.41) is 1.01. The van der Waals surface area contributed by atoms with Crippen molar-refractivity contribution in [1.29, 1.82) is 0 Å². The van der Waals surface area contributed by atoms with E-state index in [0.717, 1.165) is 8.95 Å². The summed E-state index contributed by atoms with van der Waals surface area (Å²) in [7, 11) is 0. The highest BCUT2D eigenvalue weighted by Gasteiger charge is 2.09. The number of aromatic nitrogens is 1. The predicted octanol–water partition coefficient (Wildman–Crippen LogP) is 4.55. The summed E-state index contributed by atoms with van der Waals surface area (Å²) in [6.45, 7) is 0. The zero-order chi connectivity index (χ0) is 10.3. The topological polar surface area (TPSA) is 12.9 Å². The SMILES string of the molecule is Fc1cc(Cl)cc2c(Br)c(Br)cnc12. The van der Waals surface area contributed by atoms with Gasteiger partial charge in [0.05, 0.1) is 4.47 Å². The van der Waals surface area contributed by atoms with Gasteiger partial charge in [-0.2, -0.15) is 0 Å². The molecule has 14 heavy (non-hydrogen) atoms. The Bertz CT molecular complexity index is 516. The number of nitrogens with zero attached hydrogens (tertiary/aromatic N) is 1. The molecule has 72 valence electrons. The molecule has 0 aliphatic carbocycles. The first kappa shape index (κ1) is 10.3. The van der Waals surface area contributed by atoms with E-state index in [2.05, 4.69) is 36.8 Å². The molecule has 0 N–H and O–H groups in total. The van der Waals surface area contributed by atoms with E-state index in [1.54, 1.807) is 12.3 Å². The van der Waals surface area contributed by atoms with Crippen molar-refractivity contribution in [3.63, 3.8) is 0 Å². The average molecular weight is 339 g/mol. The van der Waals surface area contributed by atoms with Gasteiger partial charge in [0.2, 0.25) is 0 Å². The van der Waals surface area contributed by atoms with Gasteiger partial charge in [-0.25, -0.2) is 4.39 Å². The minimum absolute atomic E-state index is 0.310. The second kappa shape index (κ2) is 3.76. The van der Waals surface area contributed by atoms with Crippen LogP contribution in [0.2, 0.25) is 5.02 Å². The molecule has 0 saturated heterocycles. The zero-order valence-electron chi connectivity index (χ0n) is 6.69. The van der Waals surface area contributed by atoms with Crippen LogP contribution in [-0.2, 0) is 0 Å². The van der Waals surface area contributed by atoms with Gasteiger partial charge in [-0.3, -0.25) is 4.98 Å². The van der Waals surface area contributed by atoms with Crippen molar-refractivity contribution in [2.75, 3.05) is 0 Å². The Morgan fingerprint density at radius 3 is 2.71 bits per heavy atom. The molecule has 1 nitrogen and oxygen atoms in total. The molecule has 0 aliphatic heterocycles. The molecule has 0 spiro atoms. The maximum absolute atomic E-state index is 13.4. The molecule has 0 saturated carbocycles. The number of hydrogen-bond donors (Lipinski definition) is 0. The molecule has 1 aromatic heterocycles. The minimum Gasteiger partial charge on any atom is -0.252 e. The fourth-order valence-electron chi connectivity index (χ4n) is 1.17.